The Hall–Kier alpha value is -2.17. The minimum Gasteiger partial charge on any atom is -0.462 e. The Morgan fingerprint density at radius 2 is 2.11 bits per heavy atom. The summed E-state index contributed by atoms with van der Waals surface area (Å²) >= 11 is 5.81. The summed E-state index contributed by atoms with van der Waals surface area (Å²) in [5.41, 5.74) is 1.12. The first-order valence-corrected chi connectivity index (χ1v) is 10.5. The van der Waals surface area contributed by atoms with Crippen molar-refractivity contribution in [3.63, 3.8) is 0 Å². The zero-order chi connectivity index (χ0) is 19.2. The zero-order valence-electron chi connectivity index (χ0n) is 14.1. The Kier molecular flexibility index (Phi) is 6.64. The number of carbonyl (C=O) groups excluding carboxylic acids is 2. The van der Waals surface area contributed by atoms with Gasteiger partial charge >= 0.3 is 5.97 Å². The number of amides is 1. The van der Waals surface area contributed by atoms with Crippen molar-refractivity contribution < 1.29 is 18.7 Å². The van der Waals surface area contributed by atoms with E-state index < -0.39 is 5.97 Å². The molecule has 2 aromatic heterocycles. The molecule has 27 heavy (non-hydrogen) atoms. The predicted molar refractivity (Wildman–Crippen MR) is 107 cm³/mol. The second-order valence-corrected chi connectivity index (χ2v) is 7.77. The molecule has 140 valence electrons. The van der Waals surface area contributed by atoms with E-state index in [0.29, 0.717) is 16.5 Å². The average Bonchev–Trinajstić information content (AvgIpc) is 3.30. The van der Waals surface area contributed by atoms with Crippen LogP contribution in [0.2, 0.25) is 0 Å². The minimum absolute atomic E-state index is 0.0672. The third kappa shape index (κ3) is 4.96. The summed E-state index contributed by atoms with van der Waals surface area (Å²) in [5, 5.41) is 13.1. The van der Waals surface area contributed by atoms with Gasteiger partial charge in [-0.1, -0.05) is 23.9 Å². The summed E-state index contributed by atoms with van der Waals surface area (Å²) in [6.07, 6.45) is 0. The van der Waals surface area contributed by atoms with Crippen molar-refractivity contribution in [1.82, 2.24) is 10.2 Å². The molecule has 0 bridgehead atoms. The van der Waals surface area contributed by atoms with Gasteiger partial charge in [0.15, 0.2) is 0 Å². The molecule has 1 amide bonds. The Bertz CT molecular complexity index is 957. The minimum atomic E-state index is -0.461. The Balaban J connectivity index is 1.59. The van der Waals surface area contributed by atoms with Crippen LogP contribution in [0.4, 0.5) is 5.00 Å². The summed E-state index contributed by atoms with van der Waals surface area (Å²) in [6, 6.07) is 9.10. The van der Waals surface area contributed by atoms with Crippen molar-refractivity contribution in [2.45, 2.75) is 12.1 Å². The number of aromatic nitrogens is 2. The van der Waals surface area contributed by atoms with Crippen molar-refractivity contribution in [1.29, 1.82) is 0 Å². The van der Waals surface area contributed by atoms with Crippen LogP contribution in [0.1, 0.15) is 17.3 Å². The van der Waals surface area contributed by atoms with E-state index in [4.69, 9.17) is 9.15 Å². The standard InChI is InChI=1S/C17H14BrN3O4S2/c1-2-24-16(23)11-7-8-26-15(11)19-13(22)9-27-17-21-20-14(25-17)10-5-3-4-6-12(10)18/h3-8H,2,9H2,1H3,(H,19,22). The molecule has 3 aromatic rings. The van der Waals surface area contributed by atoms with Gasteiger partial charge in [-0.3, -0.25) is 4.79 Å². The van der Waals surface area contributed by atoms with E-state index in [1.165, 1.54) is 11.3 Å². The van der Waals surface area contributed by atoms with Crippen molar-refractivity contribution in [2.75, 3.05) is 17.7 Å². The molecule has 3 rings (SSSR count). The first-order chi connectivity index (χ1) is 13.1. The summed E-state index contributed by atoms with van der Waals surface area (Å²) in [5.74, 6) is -0.309. The first-order valence-electron chi connectivity index (χ1n) is 7.84. The maximum Gasteiger partial charge on any atom is 0.341 e. The Morgan fingerprint density at radius 3 is 2.89 bits per heavy atom. The highest BCUT2D eigenvalue weighted by Crippen LogP contribution is 2.29. The van der Waals surface area contributed by atoms with Crippen molar-refractivity contribution in [2.24, 2.45) is 0 Å². The average molecular weight is 468 g/mol. The van der Waals surface area contributed by atoms with E-state index in [1.54, 1.807) is 18.4 Å². The molecule has 0 spiro atoms. The van der Waals surface area contributed by atoms with Gasteiger partial charge in [0.05, 0.1) is 23.5 Å². The number of nitrogens with zero attached hydrogens (tertiary/aromatic N) is 2. The molecule has 0 aliphatic carbocycles. The van der Waals surface area contributed by atoms with Gasteiger partial charge in [-0.25, -0.2) is 4.79 Å². The van der Waals surface area contributed by atoms with Gasteiger partial charge in [-0.15, -0.1) is 21.5 Å². The number of hydrogen-bond donors (Lipinski definition) is 1. The van der Waals surface area contributed by atoms with Crippen LogP contribution >= 0.6 is 39.0 Å². The second-order valence-electron chi connectivity index (χ2n) is 5.07. The van der Waals surface area contributed by atoms with E-state index in [2.05, 4.69) is 31.4 Å². The normalized spacial score (nSPS) is 10.6. The lowest BCUT2D eigenvalue weighted by atomic mass is 10.2. The molecule has 7 nitrogen and oxygen atoms in total. The van der Waals surface area contributed by atoms with E-state index >= 15 is 0 Å². The van der Waals surface area contributed by atoms with Gasteiger partial charge < -0.3 is 14.5 Å². The highest BCUT2D eigenvalue weighted by atomic mass is 79.9. The molecular formula is C17H14BrN3O4S2. The second kappa shape index (κ2) is 9.16. The zero-order valence-corrected chi connectivity index (χ0v) is 17.3. The lowest BCUT2D eigenvalue weighted by Gasteiger charge is -2.05. The van der Waals surface area contributed by atoms with Crippen molar-refractivity contribution in [3.05, 3.63) is 45.7 Å². The third-order valence-corrected chi connectivity index (χ3v) is 5.59. The number of carbonyl (C=O) groups is 2. The first kappa shape index (κ1) is 19.6. The van der Waals surface area contributed by atoms with E-state index in [0.717, 1.165) is 21.8 Å². The van der Waals surface area contributed by atoms with E-state index in [9.17, 15) is 9.59 Å². The predicted octanol–water partition coefficient (Wildman–Crippen LogP) is 4.47. The van der Waals surface area contributed by atoms with Gasteiger partial charge in [0.25, 0.3) is 5.22 Å². The summed E-state index contributed by atoms with van der Waals surface area (Å²) in [7, 11) is 0. The van der Waals surface area contributed by atoms with Gasteiger partial charge in [-0.05, 0) is 46.4 Å². The number of thiophene rings is 1. The summed E-state index contributed by atoms with van der Waals surface area (Å²) in [4.78, 5) is 24.0. The summed E-state index contributed by atoms with van der Waals surface area (Å²) in [6.45, 7) is 2.00. The highest BCUT2D eigenvalue weighted by molar-refractivity contribution is 9.10. The van der Waals surface area contributed by atoms with Crippen LogP contribution in [0.3, 0.4) is 0 Å². The summed E-state index contributed by atoms with van der Waals surface area (Å²) < 4.78 is 11.4. The quantitative estimate of drug-likeness (QED) is 0.404. The fourth-order valence-corrected chi connectivity index (χ4v) is 3.89. The van der Waals surface area contributed by atoms with Crippen LogP contribution in [0.25, 0.3) is 11.5 Å². The fraction of sp³-hybridized carbons (Fsp3) is 0.176. The Labute approximate surface area is 171 Å². The molecule has 1 N–H and O–H groups in total. The van der Waals surface area contributed by atoms with Crippen LogP contribution in [0.5, 0.6) is 0 Å². The highest BCUT2D eigenvalue weighted by Gasteiger charge is 2.17. The number of rotatable bonds is 7. The fourth-order valence-electron chi connectivity index (χ4n) is 2.08. The molecule has 0 saturated carbocycles. The SMILES string of the molecule is CCOC(=O)c1ccsc1NC(=O)CSc1nnc(-c2ccccc2Br)o1. The van der Waals surface area contributed by atoms with Crippen LogP contribution in [-0.2, 0) is 9.53 Å². The number of hydrogen-bond acceptors (Lipinski definition) is 8. The van der Waals surface area contributed by atoms with E-state index in [-0.39, 0.29) is 23.5 Å². The van der Waals surface area contributed by atoms with Crippen molar-refractivity contribution in [3.8, 4) is 11.5 Å². The van der Waals surface area contributed by atoms with Crippen LogP contribution in [-0.4, -0.2) is 34.4 Å². The maximum absolute atomic E-state index is 12.2. The number of thioether (sulfide) groups is 1. The maximum atomic E-state index is 12.2. The largest absolute Gasteiger partial charge is 0.462 e. The topological polar surface area (TPSA) is 94.3 Å². The van der Waals surface area contributed by atoms with Crippen LogP contribution in [0.15, 0.2) is 49.8 Å². The molecule has 0 atom stereocenters. The number of nitrogens with one attached hydrogen (secondary N) is 1. The molecular weight excluding hydrogens is 454 g/mol. The lowest BCUT2D eigenvalue weighted by Crippen LogP contribution is -2.15. The molecule has 0 saturated heterocycles. The molecule has 0 fully saturated rings. The number of halogens is 1. The molecule has 0 aliphatic rings. The third-order valence-electron chi connectivity index (χ3n) is 3.25. The van der Waals surface area contributed by atoms with Crippen LogP contribution < -0.4 is 5.32 Å². The van der Waals surface area contributed by atoms with Gasteiger partial charge in [0.1, 0.15) is 5.00 Å². The molecule has 0 aliphatic heterocycles. The monoisotopic (exact) mass is 467 g/mol. The Morgan fingerprint density at radius 1 is 1.30 bits per heavy atom. The van der Waals surface area contributed by atoms with E-state index in [1.807, 2.05) is 24.3 Å². The smallest absolute Gasteiger partial charge is 0.341 e. The molecule has 10 heteroatoms. The van der Waals surface area contributed by atoms with Gasteiger partial charge in [0.2, 0.25) is 11.8 Å². The van der Waals surface area contributed by atoms with Gasteiger partial charge in [0, 0.05) is 4.47 Å². The number of esters is 1. The molecule has 2 heterocycles. The molecule has 1 aromatic carbocycles. The van der Waals surface area contributed by atoms with Crippen LogP contribution in [0, 0.1) is 0 Å². The lowest BCUT2D eigenvalue weighted by molar-refractivity contribution is -0.113. The van der Waals surface area contributed by atoms with Crippen molar-refractivity contribution >= 4 is 55.9 Å². The number of anilines is 1. The van der Waals surface area contributed by atoms with Gasteiger partial charge in [-0.2, -0.15) is 0 Å². The number of benzene rings is 1. The molecule has 0 unspecified atom stereocenters. The number of ether oxygens (including phenoxy) is 1. The molecule has 0 radical (unpaired) electrons.